The Morgan fingerprint density at radius 3 is 1.81 bits per heavy atom. The van der Waals surface area contributed by atoms with Gasteiger partial charge < -0.3 is 56.6 Å². The number of quaternary nitrogens is 2. The number of methoxy groups -OCH3 is 4. The second-order valence-electron chi connectivity index (χ2n) is 14.2. The summed E-state index contributed by atoms with van der Waals surface area (Å²) in [6.45, 7) is 3.18. The fraction of sp³-hybridized carbons (Fsp3) is 0.400. The van der Waals surface area contributed by atoms with Gasteiger partial charge in [0, 0.05) is 42.4 Å². The van der Waals surface area contributed by atoms with Gasteiger partial charge in [-0.2, -0.15) is 0 Å². The molecule has 1 unspecified atom stereocenters. The molecular formula is C40H50IN2O5+. The lowest BCUT2D eigenvalue weighted by atomic mass is 9.87. The van der Waals surface area contributed by atoms with Gasteiger partial charge in [0.25, 0.3) is 0 Å². The van der Waals surface area contributed by atoms with E-state index < -0.39 is 0 Å². The number of halogens is 1. The summed E-state index contributed by atoms with van der Waals surface area (Å²) in [5.41, 5.74) is 9.15. The van der Waals surface area contributed by atoms with Crippen molar-refractivity contribution in [3.05, 3.63) is 106 Å². The molecule has 0 aliphatic carbocycles. The summed E-state index contributed by atoms with van der Waals surface area (Å²) < 4.78 is 31.1. The topological polar surface area (TPSA) is 46.2 Å². The molecule has 6 rings (SSSR count). The Kier molecular flexibility index (Phi) is 10.9. The summed E-state index contributed by atoms with van der Waals surface area (Å²) in [4.78, 5) is 0. The minimum atomic E-state index is 0. The minimum absolute atomic E-state index is 0. The zero-order valence-corrected chi connectivity index (χ0v) is 31.8. The molecule has 7 nitrogen and oxygen atoms in total. The predicted octanol–water partition coefficient (Wildman–Crippen LogP) is 4.16. The summed E-state index contributed by atoms with van der Waals surface area (Å²) in [6.07, 6.45) is 3.76. The van der Waals surface area contributed by atoms with Crippen molar-refractivity contribution in [2.24, 2.45) is 0 Å². The van der Waals surface area contributed by atoms with E-state index in [9.17, 15) is 0 Å². The zero-order valence-electron chi connectivity index (χ0n) is 29.7. The molecule has 0 N–H and O–H groups in total. The van der Waals surface area contributed by atoms with Crippen LogP contribution in [0.15, 0.2) is 66.7 Å². The number of ether oxygens (including phenoxy) is 5. The van der Waals surface area contributed by atoms with Gasteiger partial charge >= 0.3 is 0 Å². The number of benzene rings is 4. The van der Waals surface area contributed by atoms with E-state index in [1.54, 1.807) is 28.4 Å². The van der Waals surface area contributed by atoms with Crippen molar-refractivity contribution in [2.75, 3.05) is 69.7 Å². The predicted molar refractivity (Wildman–Crippen MR) is 186 cm³/mol. The number of likely N-dealkylation sites (N-methyl/N-ethyl adjacent to an activating group) is 2. The van der Waals surface area contributed by atoms with Crippen LogP contribution in [-0.4, -0.2) is 78.7 Å². The van der Waals surface area contributed by atoms with Gasteiger partial charge in [0.2, 0.25) is 0 Å². The largest absolute Gasteiger partial charge is 1.00 e. The van der Waals surface area contributed by atoms with Crippen molar-refractivity contribution in [3.63, 3.8) is 0 Å². The van der Waals surface area contributed by atoms with Crippen LogP contribution in [0.5, 0.6) is 34.5 Å². The Morgan fingerprint density at radius 2 is 1.21 bits per heavy atom. The van der Waals surface area contributed by atoms with Gasteiger partial charge in [0.05, 0.1) is 69.7 Å². The van der Waals surface area contributed by atoms with Gasteiger partial charge in [-0.15, -0.1) is 0 Å². The summed E-state index contributed by atoms with van der Waals surface area (Å²) >= 11 is 0. The van der Waals surface area contributed by atoms with Crippen LogP contribution in [0.4, 0.5) is 0 Å². The number of rotatable bonds is 10. The molecule has 256 valence electrons. The second-order valence-corrected chi connectivity index (χ2v) is 14.2. The molecule has 0 radical (unpaired) electrons. The van der Waals surface area contributed by atoms with E-state index in [-0.39, 0.29) is 24.0 Å². The molecule has 4 aromatic rings. The van der Waals surface area contributed by atoms with Crippen LogP contribution >= 0.6 is 0 Å². The first-order chi connectivity index (χ1) is 22.5. The number of hydrogen-bond donors (Lipinski definition) is 0. The lowest BCUT2D eigenvalue weighted by molar-refractivity contribution is -0.923. The maximum absolute atomic E-state index is 6.30. The smallest absolute Gasteiger partial charge is 0.164 e. The van der Waals surface area contributed by atoms with Crippen LogP contribution in [0, 0.1) is 0 Å². The lowest BCUT2D eigenvalue weighted by Crippen LogP contribution is -3.00. The molecule has 0 spiro atoms. The zero-order chi connectivity index (χ0) is 33.3. The minimum Gasteiger partial charge on any atom is -1.00 e. The number of hydrogen-bond acceptors (Lipinski definition) is 5. The highest BCUT2D eigenvalue weighted by atomic mass is 127. The van der Waals surface area contributed by atoms with Crippen LogP contribution in [0.3, 0.4) is 0 Å². The maximum atomic E-state index is 6.30. The normalized spacial score (nSPS) is 17.3. The van der Waals surface area contributed by atoms with Gasteiger partial charge in [0.1, 0.15) is 24.1 Å². The number of nitrogens with zero attached hydrogens (tertiary/aromatic N) is 2. The summed E-state index contributed by atoms with van der Waals surface area (Å²) in [5.74, 6) is 4.89. The third-order valence-electron chi connectivity index (χ3n) is 10.2. The molecule has 48 heavy (non-hydrogen) atoms. The average molecular weight is 766 g/mol. The van der Waals surface area contributed by atoms with Gasteiger partial charge in [-0.1, -0.05) is 24.3 Å². The van der Waals surface area contributed by atoms with E-state index in [4.69, 9.17) is 23.7 Å². The van der Waals surface area contributed by atoms with Crippen LogP contribution in [0.25, 0.3) is 0 Å². The quantitative estimate of drug-likeness (QED) is 0.180. The molecular weight excluding hydrogens is 715 g/mol. The van der Waals surface area contributed by atoms with Gasteiger partial charge in [-0.3, -0.25) is 0 Å². The fourth-order valence-corrected chi connectivity index (χ4v) is 7.40. The van der Waals surface area contributed by atoms with E-state index in [0.29, 0.717) is 6.04 Å². The number of fused-ring (bicyclic) bond motifs is 2. The van der Waals surface area contributed by atoms with E-state index in [2.05, 4.69) is 94.9 Å². The molecule has 2 aliphatic rings. The van der Waals surface area contributed by atoms with E-state index >= 15 is 0 Å². The van der Waals surface area contributed by atoms with Crippen LogP contribution < -0.4 is 47.7 Å². The van der Waals surface area contributed by atoms with Crippen LogP contribution in [-0.2, 0) is 32.2 Å². The van der Waals surface area contributed by atoms with Crippen molar-refractivity contribution < 1.29 is 56.6 Å². The van der Waals surface area contributed by atoms with Gasteiger partial charge in [0.15, 0.2) is 23.0 Å². The third-order valence-corrected chi connectivity index (χ3v) is 10.2. The maximum Gasteiger partial charge on any atom is 0.164 e. The molecule has 0 bridgehead atoms. The summed E-state index contributed by atoms with van der Waals surface area (Å²) in [7, 11) is 16.1. The highest BCUT2D eigenvalue weighted by molar-refractivity contribution is 5.56. The van der Waals surface area contributed by atoms with Crippen molar-refractivity contribution in [2.45, 2.75) is 38.3 Å². The Morgan fingerprint density at radius 1 is 0.646 bits per heavy atom. The molecule has 0 amide bonds. The molecule has 0 fully saturated rings. The van der Waals surface area contributed by atoms with Crippen molar-refractivity contribution in [1.82, 2.24) is 0 Å². The van der Waals surface area contributed by atoms with E-state index in [1.165, 1.54) is 38.9 Å². The highest BCUT2D eigenvalue weighted by Crippen LogP contribution is 2.42. The Bertz CT molecular complexity index is 1730. The van der Waals surface area contributed by atoms with Gasteiger partial charge in [-0.05, 0) is 64.7 Å². The van der Waals surface area contributed by atoms with E-state index in [1.807, 2.05) is 0 Å². The highest BCUT2D eigenvalue weighted by Gasteiger charge is 2.37. The molecule has 4 aromatic carbocycles. The van der Waals surface area contributed by atoms with Crippen molar-refractivity contribution in [1.29, 1.82) is 0 Å². The molecule has 2 aliphatic heterocycles. The van der Waals surface area contributed by atoms with Crippen molar-refractivity contribution >= 4 is 0 Å². The lowest BCUT2D eigenvalue weighted by Gasteiger charge is -2.43. The first kappa shape index (κ1) is 35.8. The Labute approximate surface area is 303 Å². The second kappa shape index (κ2) is 14.6. The summed E-state index contributed by atoms with van der Waals surface area (Å²) in [5, 5.41) is 0. The standard InChI is InChI=1S/C40H50N2O5.HI/c1-41(2)19-17-30-24-39(45-7)40(46-8)34(35(30)26-41)21-27-9-13-31(14-10-27)47-32-15-11-28(12-16-32)22-36-33-25-38(44-6)37(43-5)23-29(33)18-20-42(36,3)4;/h9-16,23-25,36H,17-22,26H2,1-8H3;1H/q+2;/p-1. The molecule has 0 saturated heterocycles. The van der Waals surface area contributed by atoms with Crippen molar-refractivity contribution in [3.8, 4) is 34.5 Å². The summed E-state index contributed by atoms with van der Waals surface area (Å²) in [6, 6.07) is 23.8. The molecule has 8 heteroatoms. The van der Waals surface area contributed by atoms with Gasteiger partial charge in [-0.25, -0.2) is 0 Å². The molecule has 1 atom stereocenters. The third kappa shape index (κ3) is 7.40. The van der Waals surface area contributed by atoms with E-state index in [0.717, 1.165) is 88.8 Å². The molecule has 2 heterocycles. The first-order valence-corrected chi connectivity index (χ1v) is 16.5. The monoisotopic (exact) mass is 765 g/mol. The molecule has 0 aromatic heterocycles. The van der Waals surface area contributed by atoms with Crippen LogP contribution in [0.1, 0.15) is 45.0 Å². The average Bonchev–Trinajstić information content (AvgIpc) is 3.06. The SMILES string of the molecule is COc1cc2c(cc1OC)C(Cc1ccc(Oc3ccc(Cc4c5c(cc(OC)c4OC)CC[N+](C)(C)C5)cc3)cc1)[N+](C)(C)CC2.[I-]. The first-order valence-electron chi connectivity index (χ1n) is 16.5. The molecule has 0 saturated carbocycles. The van der Waals surface area contributed by atoms with Crippen LogP contribution in [0.2, 0.25) is 0 Å². The Balaban J connectivity index is 0.00000451. The Hall–Kier alpha value is -3.47. The fourth-order valence-electron chi connectivity index (χ4n) is 7.40.